The molecular weight excluding hydrogens is 327 g/mol. The fraction of sp³-hybridized carbons (Fsp3) is 0.545. The standard InChI is InChI=1S/C11H15BrN2O.2ClH/c1-14-6-2-3-9(14)8-15-11-7-13-5-4-10(11)12;;/h4-5,7,9H,2-3,6,8H2,1H3;2*1H/t9-;;/m0../s1. The van der Waals surface area contributed by atoms with Crippen molar-refractivity contribution in [1.29, 1.82) is 0 Å². The number of likely N-dealkylation sites (N-methyl/N-ethyl adjacent to an activating group) is 1. The quantitative estimate of drug-likeness (QED) is 0.842. The Labute approximate surface area is 123 Å². The van der Waals surface area contributed by atoms with E-state index in [2.05, 4.69) is 32.9 Å². The highest BCUT2D eigenvalue weighted by molar-refractivity contribution is 9.10. The molecule has 0 amide bonds. The molecule has 1 aliphatic heterocycles. The van der Waals surface area contributed by atoms with Gasteiger partial charge in [-0.25, -0.2) is 0 Å². The van der Waals surface area contributed by atoms with E-state index in [0.717, 1.165) is 16.8 Å². The fourth-order valence-corrected chi connectivity index (χ4v) is 2.18. The van der Waals surface area contributed by atoms with E-state index in [9.17, 15) is 0 Å². The van der Waals surface area contributed by atoms with Crippen molar-refractivity contribution in [3.05, 3.63) is 22.9 Å². The second-order valence-corrected chi connectivity index (χ2v) is 4.75. The Morgan fingerprint density at radius 3 is 2.88 bits per heavy atom. The van der Waals surface area contributed by atoms with Gasteiger partial charge >= 0.3 is 0 Å². The lowest BCUT2D eigenvalue weighted by atomic mass is 10.2. The van der Waals surface area contributed by atoms with Gasteiger partial charge in [0.1, 0.15) is 6.61 Å². The number of ether oxygens (including phenoxy) is 1. The fourth-order valence-electron chi connectivity index (χ4n) is 1.85. The Morgan fingerprint density at radius 1 is 1.53 bits per heavy atom. The second-order valence-electron chi connectivity index (χ2n) is 3.89. The summed E-state index contributed by atoms with van der Waals surface area (Å²) in [4.78, 5) is 6.39. The molecular formula is C11H17BrCl2N2O. The van der Waals surface area contributed by atoms with E-state index in [-0.39, 0.29) is 24.8 Å². The van der Waals surface area contributed by atoms with Gasteiger partial charge in [0.25, 0.3) is 0 Å². The Morgan fingerprint density at radius 2 is 2.29 bits per heavy atom. The van der Waals surface area contributed by atoms with Gasteiger partial charge in [0, 0.05) is 12.2 Å². The van der Waals surface area contributed by atoms with Crippen molar-refractivity contribution in [2.24, 2.45) is 0 Å². The predicted octanol–water partition coefficient (Wildman–Crippen LogP) is 3.16. The van der Waals surface area contributed by atoms with Gasteiger partial charge in [-0.1, -0.05) is 0 Å². The van der Waals surface area contributed by atoms with Crippen LogP contribution in [0.25, 0.3) is 0 Å². The molecule has 1 saturated heterocycles. The number of rotatable bonds is 3. The summed E-state index contributed by atoms with van der Waals surface area (Å²) in [5.41, 5.74) is 0. The Hall–Kier alpha value is -0.0300. The second kappa shape index (κ2) is 8.14. The van der Waals surface area contributed by atoms with E-state index in [1.165, 1.54) is 19.4 Å². The largest absolute Gasteiger partial charge is 0.489 e. The predicted molar refractivity (Wildman–Crippen MR) is 77.6 cm³/mol. The molecule has 3 nitrogen and oxygen atoms in total. The van der Waals surface area contributed by atoms with Crippen molar-refractivity contribution in [3.8, 4) is 5.75 Å². The van der Waals surface area contributed by atoms with Crippen LogP contribution in [0.5, 0.6) is 5.75 Å². The molecule has 98 valence electrons. The maximum Gasteiger partial charge on any atom is 0.151 e. The number of hydrogen-bond acceptors (Lipinski definition) is 3. The summed E-state index contributed by atoms with van der Waals surface area (Å²) in [5.74, 6) is 0.831. The van der Waals surface area contributed by atoms with Crippen LogP contribution in [-0.4, -0.2) is 36.1 Å². The Bertz CT molecular complexity index is 341. The maximum atomic E-state index is 5.74. The van der Waals surface area contributed by atoms with E-state index in [0.29, 0.717) is 6.04 Å². The van der Waals surface area contributed by atoms with E-state index < -0.39 is 0 Å². The third-order valence-electron chi connectivity index (χ3n) is 2.84. The van der Waals surface area contributed by atoms with E-state index in [1.807, 2.05) is 6.07 Å². The lowest BCUT2D eigenvalue weighted by Gasteiger charge is -2.19. The van der Waals surface area contributed by atoms with Crippen LogP contribution in [0.15, 0.2) is 22.9 Å². The van der Waals surface area contributed by atoms with Crippen molar-refractivity contribution in [1.82, 2.24) is 9.88 Å². The van der Waals surface area contributed by atoms with Gasteiger partial charge in [-0.05, 0) is 48.4 Å². The number of pyridine rings is 1. The zero-order chi connectivity index (χ0) is 10.7. The van der Waals surface area contributed by atoms with Crippen molar-refractivity contribution in [2.45, 2.75) is 18.9 Å². The molecule has 0 unspecified atom stereocenters. The third kappa shape index (κ3) is 4.62. The van der Waals surface area contributed by atoms with Crippen molar-refractivity contribution in [3.63, 3.8) is 0 Å². The van der Waals surface area contributed by atoms with Crippen molar-refractivity contribution >= 4 is 40.7 Å². The zero-order valence-electron chi connectivity index (χ0n) is 9.63. The topological polar surface area (TPSA) is 25.4 Å². The van der Waals surface area contributed by atoms with Gasteiger partial charge in [-0.15, -0.1) is 24.8 Å². The van der Waals surface area contributed by atoms with Crippen LogP contribution in [-0.2, 0) is 0 Å². The smallest absolute Gasteiger partial charge is 0.151 e. The molecule has 17 heavy (non-hydrogen) atoms. The van der Waals surface area contributed by atoms with Crippen molar-refractivity contribution < 1.29 is 4.74 Å². The third-order valence-corrected chi connectivity index (χ3v) is 3.49. The highest BCUT2D eigenvalue weighted by atomic mass is 79.9. The molecule has 0 saturated carbocycles. The molecule has 2 rings (SSSR count). The summed E-state index contributed by atoms with van der Waals surface area (Å²) in [6, 6.07) is 2.45. The average molecular weight is 344 g/mol. The summed E-state index contributed by atoms with van der Waals surface area (Å²) < 4.78 is 6.71. The van der Waals surface area contributed by atoms with Crippen LogP contribution >= 0.6 is 40.7 Å². The van der Waals surface area contributed by atoms with E-state index >= 15 is 0 Å². The highest BCUT2D eigenvalue weighted by Gasteiger charge is 2.21. The van der Waals surface area contributed by atoms with Crippen molar-refractivity contribution in [2.75, 3.05) is 20.2 Å². The summed E-state index contributed by atoms with van der Waals surface area (Å²) >= 11 is 3.44. The molecule has 1 aliphatic rings. The summed E-state index contributed by atoms with van der Waals surface area (Å²) in [6.45, 7) is 1.93. The first-order chi connectivity index (χ1) is 7.27. The van der Waals surface area contributed by atoms with Crippen LogP contribution in [0.2, 0.25) is 0 Å². The monoisotopic (exact) mass is 342 g/mol. The van der Waals surface area contributed by atoms with Crippen LogP contribution < -0.4 is 4.74 Å². The maximum absolute atomic E-state index is 5.74. The van der Waals surface area contributed by atoms with Crippen LogP contribution in [0.4, 0.5) is 0 Å². The van der Waals surface area contributed by atoms with Gasteiger partial charge in [-0.2, -0.15) is 0 Å². The molecule has 0 N–H and O–H groups in total. The van der Waals surface area contributed by atoms with Crippen LogP contribution in [0.1, 0.15) is 12.8 Å². The number of halogens is 3. The molecule has 2 heterocycles. The average Bonchev–Trinajstić information content (AvgIpc) is 2.63. The van der Waals surface area contributed by atoms with E-state index in [1.54, 1.807) is 12.4 Å². The molecule has 0 aromatic carbocycles. The normalized spacial score (nSPS) is 19.3. The summed E-state index contributed by atoms with van der Waals surface area (Å²) in [5, 5.41) is 0. The first kappa shape index (κ1) is 17.0. The SMILES string of the molecule is CN1CCC[C@H]1COc1cnccc1Br.Cl.Cl. The van der Waals surface area contributed by atoms with E-state index in [4.69, 9.17) is 4.74 Å². The van der Waals surface area contributed by atoms with Gasteiger partial charge in [0.2, 0.25) is 0 Å². The van der Waals surface area contributed by atoms with Gasteiger partial charge in [0.05, 0.1) is 10.7 Å². The lowest BCUT2D eigenvalue weighted by Crippen LogP contribution is -2.30. The van der Waals surface area contributed by atoms with Crippen LogP contribution in [0.3, 0.4) is 0 Å². The summed E-state index contributed by atoms with van der Waals surface area (Å²) in [7, 11) is 2.15. The minimum absolute atomic E-state index is 0. The zero-order valence-corrected chi connectivity index (χ0v) is 12.9. The molecule has 0 aliphatic carbocycles. The van der Waals surface area contributed by atoms with Gasteiger partial charge in [-0.3, -0.25) is 4.98 Å². The highest BCUT2D eigenvalue weighted by Crippen LogP contribution is 2.24. The first-order valence-electron chi connectivity index (χ1n) is 5.20. The lowest BCUT2D eigenvalue weighted by molar-refractivity contribution is 0.197. The number of nitrogens with zero attached hydrogens (tertiary/aromatic N) is 2. The Balaban J connectivity index is 0.00000128. The Kier molecular flexibility index (Phi) is 8.12. The number of aromatic nitrogens is 1. The van der Waals surface area contributed by atoms with Gasteiger partial charge in [0.15, 0.2) is 5.75 Å². The molecule has 1 aromatic rings. The minimum atomic E-state index is 0. The molecule has 1 fully saturated rings. The van der Waals surface area contributed by atoms with Crippen LogP contribution in [0, 0.1) is 0 Å². The molecule has 0 radical (unpaired) electrons. The molecule has 0 spiro atoms. The number of likely N-dealkylation sites (tertiary alicyclic amines) is 1. The number of hydrogen-bond donors (Lipinski definition) is 0. The molecule has 6 heteroatoms. The van der Waals surface area contributed by atoms with Gasteiger partial charge < -0.3 is 9.64 Å². The first-order valence-corrected chi connectivity index (χ1v) is 5.99. The minimum Gasteiger partial charge on any atom is -0.489 e. The molecule has 1 atom stereocenters. The summed E-state index contributed by atoms with van der Waals surface area (Å²) in [6.07, 6.45) is 6.00. The molecule has 0 bridgehead atoms. The molecule has 1 aromatic heterocycles.